The number of hydrogen-bond acceptors (Lipinski definition) is 5. The molecule has 1 rings (SSSR count). The van der Waals surface area contributed by atoms with E-state index in [4.69, 9.17) is 9.47 Å². The van der Waals surface area contributed by atoms with Crippen molar-refractivity contribution in [1.82, 2.24) is 10.6 Å². The van der Waals surface area contributed by atoms with Crippen LogP contribution in [0.4, 0.5) is 9.18 Å². The van der Waals surface area contributed by atoms with Crippen molar-refractivity contribution in [1.29, 1.82) is 0 Å². The number of halogens is 1. The molecule has 0 aromatic heterocycles. The minimum Gasteiger partial charge on any atom is -0.476 e. The fourth-order valence-corrected chi connectivity index (χ4v) is 1.78. The van der Waals surface area contributed by atoms with Crippen LogP contribution in [0.3, 0.4) is 0 Å². The van der Waals surface area contributed by atoms with Crippen molar-refractivity contribution in [2.45, 2.75) is 58.8 Å². The summed E-state index contributed by atoms with van der Waals surface area (Å²) in [5.74, 6) is -1.73. The topological polar surface area (TPSA) is 93.7 Å². The Labute approximate surface area is 152 Å². The number of rotatable bonds is 5. The third-order valence-electron chi connectivity index (χ3n) is 3.06. The molecule has 26 heavy (non-hydrogen) atoms. The molecule has 8 heteroatoms. The Balaban J connectivity index is 2.62. The molecule has 0 aliphatic carbocycles. The summed E-state index contributed by atoms with van der Waals surface area (Å²) in [6.45, 7) is 9.53. The maximum absolute atomic E-state index is 12.9. The molecule has 0 fully saturated rings. The van der Waals surface area contributed by atoms with Crippen molar-refractivity contribution >= 4 is 17.9 Å². The molecule has 7 nitrogen and oxygen atoms in total. The van der Waals surface area contributed by atoms with Gasteiger partial charge in [0.25, 0.3) is 5.91 Å². The number of ether oxygens (including phenoxy) is 2. The normalized spacial score (nSPS) is 12.7. The first-order valence-electron chi connectivity index (χ1n) is 8.09. The van der Waals surface area contributed by atoms with Gasteiger partial charge >= 0.3 is 12.0 Å². The van der Waals surface area contributed by atoms with Crippen molar-refractivity contribution in [2.24, 2.45) is 0 Å². The molecule has 1 aromatic carbocycles. The molecule has 144 valence electrons. The highest BCUT2D eigenvalue weighted by atomic mass is 19.1. The Morgan fingerprint density at radius 2 is 1.58 bits per heavy atom. The lowest BCUT2D eigenvalue weighted by atomic mass is 10.1. The Morgan fingerprint density at radius 1 is 1.04 bits per heavy atom. The van der Waals surface area contributed by atoms with Crippen molar-refractivity contribution in [2.75, 3.05) is 0 Å². The van der Waals surface area contributed by atoms with Crippen LogP contribution in [0.1, 0.15) is 41.5 Å². The molecule has 0 radical (unpaired) electrons. The highest BCUT2D eigenvalue weighted by molar-refractivity contribution is 5.97. The summed E-state index contributed by atoms with van der Waals surface area (Å²) in [6.07, 6.45) is -1.20. The predicted octanol–water partition coefficient (Wildman–Crippen LogP) is 2.54. The van der Waals surface area contributed by atoms with Gasteiger partial charge in [0.2, 0.25) is 0 Å². The van der Waals surface area contributed by atoms with Crippen LogP contribution in [-0.2, 0) is 14.3 Å². The molecule has 0 bridgehead atoms. The summed E-state index contributed by atoms with van der Waals surface area (Å²) in [5, 5.41) is 4.66. The summed E-state index contributed by atoms with van der Waals surface area (Å²) in [7, 11) is 0. The first-order chi connectivity index (χ1) is 11.8. The minimum atomic E-state index is -1.42. The first-order valence-corrected chi connectivity index (χ1v) is 8.09. The van der Waals surface area contributed by atoms with Crippen LogP contribution in [0, 0.1) is 5.82 Å². The molecule has 1 aromatic rings. The monoisotopic (exact) mass is 368 g/mol. The van der Waals surface area contributed by atoms with E-state index < -0.39 is 41.0 Å². The van der Waals surface area contributed by atoms with E-state index in [0.29, 0.717) is 0 Å². The zero-order valence-corrected chi connectivity index (χ0v) is 15.8. The van der Waals surface area contributed by atoms with Gasteiger partial charge in [-0.1, -0.05) is 0 Å². The Morgan fingerprint density at radius 3 is 2.08 bits per heavy atom. The largest absolute Gasteiger partial charge is 0.476 e. The van der Waals surface area contributed by atoms with Crippen LogP contribution in [0.25, 0.3) is 0 Å². The van der Waals surface area contributed by atoms with Crippen molar-refractivity contribution in [3.63, 3.8) is 0 Å². The van der Waals surface area contributed by atoms with Crippen molar-refractivity contribution in [3.05, 3.63) is 30.1 Å². The van der Waals surface area contributed by atoms with Crippen LogP contribution in [-0.4, -0.2) is 35.2 Å². The fourth-order valence-electron chi connectivity index (χ4n) is 1.78. The highest BCUT2D eigenvalue weighted by Crippen LogP contribution is 2.20. The highest BCUT2D eigenvalue weighted by Gasteiger charge is 2.34. The van der Waals surface area contributed by atoms with Gasteiger partial charge in [0, 0.05) is 5.54 Å². The molecule has 1 atom stereocenters. The van der Waals surface area contributed by atoms with E-state index in [1.807, 2.05) is 0 Å². The van der Waals surface area contributed by atoms with E-state index in [1.165, 1.54) is 45.0 Å². The molecule has 2 N–H and O–H groups in total. The number of carbonyl (C=O) groups is 3. The van der Waals surface area contributed by atoms with Gasteiger partial charge in [-0.3, -0.25) is 10.1 Å². The second-order valence-electron chi connectivity index (χ2n) is 7.31. The molecule has 0 spiro atoms. The standard InChI is InChI=1S/C18H25FN2O5/c1-11(14(22)20-16(24)21-17(2,3)4)25-15(23)18(5,6)26-13-9-7-12(19)8-10-13/h7-11H,1-6H3,(H2,20,21,22,24)/t11-/m1/s1. The van der Waals surface area contributed by atoms with Crippen molar-refractivity contribution < 1.29 is 28.2 Å². The van der Waals surface area contributed by atoms with Crippen LogP contribution >= 0.6 is 0 Å². The molecule has 0 aliphatic rings. The third-order valence-corrected chi connectivity index (χ3v) is 3.06. The Hall–Kier alpha value is -2.64. The summed E-state index contributed by atoms with van der Waals surface area (Å²) in [6, 6.07) is 4.45. The van der Waals surface area contributed by atoms with Crippen LogP contribution in [0.15, 0.2) is 24.3 Å². The number of benzene rings is 1. The summed E-state index contributed by atoms with van der Waals surface area (Å²) in [5.41, 5.74) is -1.94. The third kappa shape index (κ3) is 7.08. The molecule has 0 saturated carbocycles. The van der Waals surface area contributed by atoms with E-state index in [1.54, 1.807) is 20.8 Å². The zero-order chi connectivity index (χ0) is 20.1. The average molecular weight is 368 g/mol. The van der Waals surface area contributed by atoms with Gasteiger partial charge < -0.3 is 14.8 Å². The summed E-state index contributed by atoms with van der Waals surface area (Å²) < 4.78 is 23.5. The number of amides is 3. The number of nitrogens with one attached hydrogen (secondary N) is 2. The predicted molar refractivity (Wildman–Crippen MR) is 93.1 cm³/mol. The second-order valence-corrected chi connectivity index (χ2v) is 7.31. The van der Waals surface area contributed by atoms with E-state index in [-0.39, 0.29) is 5.75 Å². The quantitative estimate of drug-likeness (QED) is 0.779. The second kappa shape index (κ2) is 8.16. The van der Waals surface area contributed by atoms with E-state index >= 15 is 0 Å². The summed E-state index contributed by atoms with van der Waals surface area (Å²) in [4.78, 5) is 35.9. The lowest BCUT2D eigenvalue weighted by molar-refractivity contribution is -0.167. The lowest BCUT2D eigenvalue weighted by Crippen LogP contribution is -2.51. The van der Waals surface area contributed by atoms with Gasteiger partial charge in [-0.05, 0) is 65.8 Å². The zero-order valence-electron chi connectivity index (χ0n) is 15.8. The van der Waals surface area contributed by atoms with Gasteiger partial charge in [-0.2, -0.15) is 0 Å². The molecule has 3 amide bonds. The molecule has 0 unspecified atom stereocenters. The molecular weight excluding hydrogens is 343 g/mol. The van der Waals surface area contributed by atoms with Crippen molar-refractivity contribution in [3.8, 4) is 5.75 Å². The number of esters is 1. The van der Waals surface area contributed by atoms with Crippen LogP contribution in [0.5, 0.6) is 5.75 Å². The number of hydrogen-bond donors (Lipinski definition) is 2. The average Bonchev–Trinajstić information content (AvgIpc) is 2.47. The molecule has 0 saturated heterocycles. The number of carbonyl (C=O) groups excluding carboxylic acids is 3. The van der Waals surface area contributed by atoms with Crippen LogP contribution in [0.2, 0.25) is 0 Å². The Bertz CT molecular complexity index is 665. The van der Waals surface area contributed by atoms with E-state index in [9.17, 15) is 18.8 Å². The van der Waals surface area contributed by atoms with E-state index in [0.717, 1.165) is 0 Å². The van der Waals surface area contributed by atoms with Gasteiger partial charge in [-0.15, -0.1) is 0 Å². The molecular formula is C18H25FN2O5. The summed E-state index contributed by atoms with van der Waals surface area (Å²) >= 11 is 0. The lowest BCUT2D eigenvalue weighted by Gasteiger charge is -2.26. The van der Waals surface area contributed by atoms with Crippen LogP contribution < -0.4 is 15.4 Å². The Kier molecular flexibility index (Phi) is 6.72. The minimum absolute atomic E-state index is 0.273. The molecule has 0 heterocycles. The fraction of sp³-hybridized carbons (Fsp3) is 0.500. The van der Waals surface area contributed by atoms with Gasteiger partial charge in [0.1, 0.15) is 11.6 Å². The SMILES string of the molecule is C[C@@H](OC(=O)C(C)(C)Oc1ccc(F)cc1)C(=O)NC(=O)NC(C)(C)C. The maximum atomic E-state index is 12.9. The first kappa shape index (κ1) is 21.4. The smallest absolute Gasteiger partial charge is 0.350 e. The number of imide groups is 1. The number of urea groups is 1. The maximum Gasteiger partial charge on any atom is 0.350 e. The van der Waals surface area contributed by atoms with Gasteiger partial charge in [0.15, 0.2) is 11.7 Å². The van der Waals surface area contributed by atoms with Gasteiger partial charge in [0.05, 0.1) is 0 Å². The molecule has 0 aliphatic heterocycles. The van der Waals surface area contributed by atoms with E-state index in [2.05, 4.69) is 10.6 Å². The van der Waals surface area contributed by atoms with Gasteiger partial charge in [-0.25, -0.2) is 14.0 Å².